The van der Waals surface area contributed by atoms with Gasteiger partial charge in [0.1, 0.15) is 4.20 Å². The normalized spacial score (nSPS) is 9.33. The van der Waals surface area contributed by atoms with E-state index in [0.29, 0.717) is 0 Å². The van der Waals surface area contributed by atoms with Crippen molar-refractivity contribution in [3.8, 4) is 0 Å². The highest BCUT2D eigenvalue weighted by atomic mass is 32.1. The number of hydrogen-bond acceptors (Lipinski definition) is 3. The van der Waals surface area contributed by atoms with Crippen molar-refractivity contribution in [3.63, 3.8) is 0 Å². The fourth-order valence-corrected chi connectivity index (χ4v) is 0. The first kappa shape index (κ1) is 6.36. The molecule has 0 atom stereocenters. The molecule has 0 bridgehead atoms. The van der Waals surface area contributed by atoms with Crippen molar-refractivity contribution in [2.24, 2.45) is 0 Å². The van der Waals surface area contributed by atoms with Crippen LogP contribution in [0.2, 0.25) is 0 Å². The van der Waals surface area contributed by atoms with E-state index >= 15 is 0 Å². The van der Waals surface area contributed by atoms with Gasteiger partial charge in [-0.3, -0.25) is 0 Å². The summed E-state index contributed by atoms with van der Waals surface area (Å²) in [5.74, 6) is 0. The Morgan fingerprint density at radius 3 is 1.83 bits per heavy atom. The van der Waals surface area contributed by atoms with Crippen molar-refractivity contribution in [3.05, 3.63) is 0 Å². The molecule has 0 heterocycles. The second-order valence-electron chi connectivity index (χ2n) is 0.712. The van der Waals surface area contributed by atoms with Gasteiger partial charge in [0.25, 0.3) is 0 Å². The third kappa shape index (κ3) is 2.59. The molecule has 0 aromatic heterocycles. The van der Waals surface area contributed by atoms with Crippen LogP contribution in [-0.2, 0) is 0 Å². The molecule has 0 aliphatic carbocycles. The van der Waals surface area contributed by atoms with E-state index in [1.165, 1.54) is 0 Å². The lowest BCUT2D eigenvalue weighted by atomic mass is 10.8. The van der Waals surface area contributed by atoms with Crippen LogP contribution in [0.4, 0.5) is 0 Å². The Hall–Kier alpha value is 0.360. The average Bonchev–Trinajstić information content (AvgIpc) is 1.36. The number of thiol groups is 1. The Labute approximate surface area is 46.2 Å². The predicted octanol–water partition coefficient (Wildman–Crippen LogP) is -0.446. The third-order valence-electron chi connectivity index (χ3n) is 0.221. The van der Waals surface area contributed by atoms with Crippen LogP contribution in [0.5, 0.6) is 0 Å². The minimum atomic E-state index is -1.55. The maximum atomic E-state index is 7.97. The van der Waals surface area contributed by atoms with E-state index in [0.717, 1.165) is 0 Å². The van der Waals surface area contributed by atoms with Gasteiger partial charge in [0.2, 0.25) is 0 Å². The van der Waals surface area contributed by atoms with Crippen molar-refractivity contribution in [1.82, 2.24) is 0 Å². The third-order valence-corrected chi connectivity index (χ3v) is 0.663. The van der Waals surface area contributed by atoms with Crippen molar-refractivity contribution >= 4 is 29.0 Å². The largest absolute Gasteiger partial charge is 0.363 e. The molecule has 0 aliphatic rings. The lowest BCUT2D eigenvalue weighted by Crippen LogP contribution is -2.10. The van der Waals surface area contributed by atoms with Crippen LogP contribution in [-0.4, -0.2) is 20.7 Å². The Kier molecular flexibility index (Phi) is 2.67. The molecule has 0 saturated heterocycles. The number of hydrogen-bond donors (Lipinski definition) is 3. The van der Waals surface area contributed by atoms with Crippen molar-refractivity contribution in [2.75, 3.05) is 0 Å². The topological polar surface area (TPSA) is 40.5 Å². The lowest BCUT2D eigenvalue weighted by Gasteiger charge is -1.92. The summed E-state index contributed by atoms with van der Waals surface area (Å²) in [6, 6.07) is 0. The molecule has 0 saturated carbocycles. The van der Waals surface area contributed by atoms with Crippen molar-refractivity contribution < 1.29 is 10.2 Å². The highest BCUT2D eigenvalue weighted by Crippen LogP contribution is 1.86. The molecule has 36 valence electrons. The van der Waals surface area contributed by atoms with Gasteiger partial charge in [0.05, 0.1) is 0 Å². The Bertz CT molecular complexity index is 60.6. The van der Waals surface area contributed by atoms with Crippen LogP contribution in [0.3, 0.4) is 0 Å². The van der Waals surface area contributed by atoms with Crippen LogP contribution in [0.1, 0.15) is 0 Å². The molecule has 0 unspecified atom stereocenters. The van der Waals surface area contributed by atoms with Crippen molar-refractivity contribution in [1.29, 1.82) is 0 Å². The summed E-state index contributed by atoms with van der Waals surface area (Å²) in [7, 11) is 0. The number of aliphatic hydroxyl groups excluding tert-OH is 1. The lowest BCUT2D eigenvalue weighted by molar-refractivity contribution is 0.0243. The van der Waals surface area contributed by atoms with E-state index in [2.05, 4.69) is 24.8 Å². The van der Waals surface area contributed by atoms with Gasteiger partial charge in [-0.25, -0.2) is 0 Å². The molecule has 0 spiro atoms. The fraction of sp³-hybridized carbons (Fsp3) is 0.500. The number of thiocarbonyl (C=S) groups is 1. The molecule has 0 radical (unpaired) electrons. The zero-order valence-electron chi connectivity index (χ0n) is 2.83. The van der Waals surface area contributed by atoms with E-state index in [-0.39, 0.29) is 4.20 Å². The first-order chi connectivity index (χ1) is 2.64. The second kappa shape index (κ2) is 2.52. The van der Waals surface area contributed by atoms with E-state index in [1.54, 1.807) is 0 Å². The Morgan fingerprint density at radius 2 is 1.83 bits per heavy atom. The summed E-state index contributed by atoms with van der Waals surface area (Å²) in [6.45, 7) is 0. The average molecular weight is 124 g/mol. The molecule has 6 heavy (non-hydrogen) atoms. The maximum Gasteiger partial charge on any atom is 0.194 e. The molecule has 2 nitrogen and oxygen atoms in total. The summed E-state index contributed by atoms with van der Waals surface area (Å²) in [5, 5.41) is 15.9. The van der Waals surface area contributed by atoms with Gasteiger partial charge < -0.3 is 10.2 Å². The van der Waals surface area contributed by atoms with Gasteiger partial charge in [-0.05, 0) is 0 Å². The highest BCUT2D eigenvalue weighted by molar-refractivity contribution is 8.11. The quantitative estimate of drug-likeness (QED) is 0.252. The van der Waals surface area contributed by atoms with E-state index < -0.39 is 6.29 Å². The first-order valence-electron chi connectivity index (χ1n) is 1.23. The summed E-state index contributed by atoms with van der Waals surface area (Å²) in [4.78, 5) is 0. The zero-order chi connectivity index (χ0) is 5.15. The number of rotatable bonds is 1. The van der Waals surface area contributed by atoms with E-state index in [4.69, 9.17) is 10.2 Å². The van der Waals surface area contributed by atoms with Gasteiger partial charge >= 0.3 is 0 Å². The van der Waals surface area contributed by atoms with Gasteiger partial charge in [0.15, 0.2) is 6.29 Å². The Morgan fingerprint density at radius 1 is 1.67 bits per heavy atom. The molecule has 2 N–H and O–H groups in total. The fourth-order valence-electron chi connectivity index (χ4n) is 0. The van der Waals surface area contributed by atoms with Crippen LogP contribution in [0.15, 0.2) is 0 Å². The smallest absolute Gasteiger partial charge is 0.194 e. The SMILES string of the molecule is OC(O)C(=S)S. The van der Waals surface area contributed by atoms with Crippen LogP contribution in [0, 0.1) is 0 Å². The van der Waals surface area contributed by atoms with Crippen molar-refractivity contribution in [2.45, 2.75) is 6.29 Å². The summed E-state index contributed by atoms with van der Waals surface area (Å²) >= 11 is 7.61. The van der Waals surface area contributed by atoms with Gasteiger partial charge in [-0.15, -0.1) is 12.6 Å². The predicted molar refractivity (Wildman–Crippen MR) is 29.8 cm³/mol. The number of aliphatic hydroxyl groups is 2. The van der Waals surface area contributed by atoms with E-state index in [9.17, 15) is 0 Å². The monoisotopic (exact) mass is 124 g/mol. The zero-order valence-corrected chi connectivity index (χ0v) is 4.54. The minimum Gasteiger partial charge on any atom is -0.363 e. The molecule has 0 rings (SSSR count). The van der Waals surface area contributed by atoms with Gasteiger partial charge in [-0.2, -0.15) is 0 Å². The second-order valence-corrected chi connectivity index (χ2v) is 1.94. The summed E-state index contributed by atoms with van der Waals surface area (Å²) in [6.07, 6.45) is -1.55. The molecule has 0 fully saturated rings. The van der Waals surface area contributed by atoms with Crippen LogP contribution < -0.4 is 0 Å². The molecular weight excluding hydrogens is 120 g/mol. The van der Waals surface area contributed by atoms with Crippen LogP contribution >= 0.6 is 24.8 Å². The molecule has 0 aliphatic heterocycles. The van der Waals surface area contributed by atoms with Gasteiger partial charge in [0, 0.05) is 0 Å². The summed E-state index contributed by atoms with van der Waals surface area (Å²) < 4.78 is -0.102. The van der Waals surface area contributed by atoms with Gasteiger partial charge in [-0.1, -0.05) is 12.2 Å². The molecule has 0 aromatic rings. The summed E-state index contributed by atoms with van der Waals surface area (Å²) in [5.41, 5.74) is 0. The molecule has 4 heteroatoms. The van der Waals surface area contributed by atoms with Crippen LogP contribution in [0.25, 0.3) is 0 Å². The standard InChI is InChI=1S/C2H4O2S2/c3-1(4)2(5)6/h1,3-4H,(H,5,6). The molecule has 0 aromatic carbocycles. The highest BCUT2D eigenvalue weighted by Gasteiger charge is 1.95. The first-order valence-corrected chi connectivity index (χ1v) is 2.09. The molecule has 0 amide bonds. The maximum absolute atomic E-state index is 7.97. The Balaban J connectivity index is 3.26. The van der Waals surface area contributed by atoms with E-state index in [1.807, 2.05) is 0 Å². The molecular formula is C2H4O2S2. The minimum absolute atomic E-state index is 0.102.